The van der Waals surface area contributed by atoms with Crippen molar-refractivity contribution < 1.29 is 23.8 Å². The van der Waals surface area contributed by atoms with Gasteiger partial charge in [0.15, 0.2) is 0 Å². The molecule has 0 spiro atoms. The number of hydrogen-bond donors (Lipinski definition) is 1. The number of fused-ring (bicyclic) bond motifs is 1. The average Bonchev–Trinajstić information content (AvgIpc) is 2.64. The van der Waals surface area contributed by atoms with Crippen LogP contribution in [0.15, 0.2) is 54.6 Å². The molecular weight excluding hydrogens is 382 g/mol. The molecular formula is C20H21NO6S. The number of Topliss-reactive ketones (excluding diaryl/α,β-unsaturated/α-hetero) is 1. The van der Waals surface area contributed by atoms with Crippen LogP contribution in [-0.2, 0) is 15.6 Å². The highest BCUT2D eigenvalue weighted by Gasteiger charge is 2.62. The van der Waals surface area contributed by atoms with Crippen molar-refractivity contribution in [2.45, 2.75) is 24.3 Å². The monoisotopic (exact) mass is 403 g/mol. The van der Waals surface area contributed by atoms with Crippen molar-refractivity contribution in [3.63, 3.8) is 0 Å². The largest absolute Gasteiger partial charge is 0.481 e. The van der Waals surface area contributed by atoms with E-state index < -0.39 is 44.9 Å². The molecule has 1 N–H and O–H groups in total. The number of carbonyl (C=O) groups is 2. The summed E-state index contributed by atoms with van der Waals surface area (Å²) < 4.78 is 9.56. The summed E-state index contributed by atoms with van der Waals surface area (Å²) >= 11 is 0. The third-order valence-corrected chi connectivity index (χ3v) is 4.74. The van der Waals surface area contributed by atoms with E-state index in [-0.39, 0.29) is 5.56 Å². The third kappa shape index (κ3) is 3.87. The normalized spacial score (nSPS) is 23.4. The number of carbonyl (C=O) groups excluding carboxylic acids is 1. The van der Waals surface area contributed by atoms with Gasteiger partial charge in [-0.2, -0.15) is 0 Å². The second-order valence-corrected chi connectivity index (χ2v) is 8.25. The smallest absolute Gasteiger partial charge is 0.311 e. The van der Waals surface area contributed by atoms with E-state index in [1.54, 1.807) is 61.0 Å². The van der Waals surface area contributed by atoms with Gasteiger partial charge in [0, 0.05) is 40.7 Å². The predicted octanol–water partition coefficient (Wildman–Crippen LogP) is 2.87. The van der Waals surface area contributed by atoms with Crippen LogP contribution in [0.3, 0.4) is 0 Å². The first-order valence-corrected chi connectivity index (χ1v) is 10.4. The molecule has 0 aromatic heterocycles. The first-order chi connectivity index (χ1) is 13.1. The number of nitro groups is 1. The average molecular weight is 403 g/mol. The SMILES string of the molecule is CS(C)=O.C[C@@]1([N+](=O)[O-])C(=O)c2ccccc2[C@H](C(=O)O)[C@H]1c1ccccc1. The Labute approximate surface area is 165 Å². The number of ketones is 1. The van der Waals surface area contributed by atoms with Crippen LogP contribution in [0, 0.1) is 10.1 Å². The quantitative estimate of drug-likeness (QED) is 0.622. The van der Waals surface area contributed by atoms with E-state index in [0.29, 0.717) is 11.1 Å². The molecule has 1 aliphatic rings. The molecule has 1 aliphatic carbocycles. The topological polar surface area (TPSA) is 115 Å². The van der Waals surface area contributed by atoms with Crippen molar-refractivity contribution >= 4 is 22.6 Å². The fourth-order valence-electron chi connectivity index (χ4n) is 3.54. The van der Waals surface area contributed by atoms with Crippen LogP contribution in [0.5, 0.6) is 0 Å². The Morgan fingerprint density at radius 3 is 2.11 bits per heavy atom. The van der Waals surface area contributed by atoms with E-state index in [1.165, 1.54) is 13.0 Å². The summed E-state index contributed by atoms with van der Waals surface area (Å²) in [6.07, 6.45) is 3.28. The van der Waals surface area contributed by atoms with Gasteiger partial charge in [0.25, 0.3) is 5.54 Å². The van der Waals surface area contributed by atoms with Gasteiger partial charge >= 0.3 is 5.97 Å². The van der Waals surface area contributed by atoms with Crippen LogP contribution in [0.2, 0.25) is 0 Å². The fourth-order valence-corrected chi connectivity index (χ4v) is 3.54. The zero-order valence-corrected chi connectivity index (χ0v) is 16.5. The van der Waals surface area contributed by atoms with Gasteiger partial charge in [0.05, 0.1) is 11.8 Å². The summed E-state index contributed by atoms with van der Waals surface area (Å²) in [6.45, 7) is 1.22. The third-order valence-electron chi connectivity index (χ3n) is 4.74. The van der Waals surface area contributed by atoms with Gasteiger partial charge in [-0.1, -0.05) is 54.6 Å². The van der Waals surface area contributed by atoms with Crippen molar-refractivity contribution in [3.05, 3.63) is 81.4 Å². The Hall–Kier alpha value is -2.87. The molecule has 0 unspecified atom stereocenters. The molecule has 0 bridgehead atoms. The molecule has 8 heteroatoms. The summed E-state index contributed by atoms with van der Waals surface area (Å²) in [5.41, 5.74) is -1.15. The molecule has 2 aromatic rings. The molecule has 148 valence electrons. The molecule has 7 nitrogen and oxygen atoms in total. The number of benzene rings is 2. The highest BCUT2D eigenvalue weighted by atomic mass is 32.2. The van der Waals surface area contributed by atoms with Gasteiger partial charge in [0.2, 0.25) is 5.78 Å². The molecule has 0 saturated carbocycles. The molecule has 0 aliphatic heterocycles. The van der Waals surface area contributed by atoms with Crippen LogP contribution >= 0.6 is 0 Å². The molecule has 3 rings (SSSR count). The van der Waals surface area contributed by atoms with Crippen molar-refractivity contribution in [3.8, 4) is 0 Å². The Kier molecular flexibility index (Phi) is 6.45. The van der Waals surface area contributed by atoms with Crippen molar-refractivity contribution in [1.82, 2.24) is 0 Å². The van der Waals surface area contributed by atoms with E-state index in [1.807, 2.05) is 0 Å². The number of rotatable bonds is 3. The number of hydrogen-bond acceptors (Lipinski definition) is 5. The summed E-state index contributed by atoms with van der Waals surface area (Å²) in [6, 6.07) is 14.6. The van der Waals surface area contributed by atoms with Gasteiger partial charge in [-0.15, -0.1) is 0 Å². The zero-order chi connectivity index (χ0) is 21.1. The van der Waals surface area contributed by atoms with E-state index in [9.17, 15) is 29.0 Å². The van der Waals surface area contributed by atoms with Gasteiger partial charge in [0.1, 0.15) is 0 Å². The Balaban J connectivity index is 0.000000640. The first-order valence-electron chi connectivity index (χ1n) is 8.43. The van der Waals surface area contributed by atoms with Crippen LogP contribution in [0.4, 0.5) is 0 Å². The highest BCUT2D eigenvalue weighted by molar-refractivity contribution is 7.83. The standard InChI is InChI=1S/C18H15NO5.C2H6OS/c1-18(19(23)24)15(11-7-3-2-4-8-11)14(17(21)22)12-9-5-6-10-13(12)16(18)20;1-4(2)3/h2-10,14-15H,1H3,(H,21,22);1-2H3/t14-,15+,18-;/m0./s1. The second-order valence-electron chi connectivity index (χ2n) is 6.77. The Morgan fingerprint density at radius 2 is 1.61 bits per heavy atom. The lowest BCUT2D eigenvalue weighted by Gasteiger charge is -2.38. The highest BCUT2D eigenvalue weighted by Crippen LogP contribution is 2.49. The second kappa shape index (κ2) is 8.43. The maximum Gasteiger partial charge on any atom is 0.311 e. The van der Waals surface area contributed by atoms with E-state index in [2.05, 4.69) is 0 Å². The lowest BCUT2D eigenvalue weighted by Crippen LogP contribution is -2.55. The van der Waals surface area contributed by atoms with Crippen LogP contribution < -0.4 is 0 Å². The molecule has 0 radical (unpaired) electrons. The summed E-state index contributed by atoms with van der Waals surface area (Å²) in [4.78, 5) is 36.1. The number of aliphatic carboxylic acids is 1. The summed E-state index contributed by atoms with van der Waals surface area (Å²) in [5, 5.41) is 21.6. The number of carboxylic acids is 1. The lowest BCUT2D eigenvalue weighted by molar-refractivity contribution is -0.551. The first kappa shape index (κ1) is 21.4. The maximum absolute atomic E-state index is 12.9. The molecule has 0 saturated heterocycles. The molecule has 0 amide bonds. The Morgan fingerprint density at radius 1 is 1.11 bits per heavy atom. The van der Waals surface area contributed by atoms with Crippen LogP contribution in [0.25, 0.3) is 0 Å². The molecule has 0 fully saturated rings. The fraction of sp³-hybridized carbons (Fsp3) is 0.300. The van der Waals surface area contributed by atoms with Crippen molar-refractivity contribution in [2.24, 2.45) is 0 Å². The minimum Gasteiger partial charge on any atom is -0.481 e. The van der Waals surface area contributed by atoms with Crippen molar-refractivity contribution in [1.29, 1.82) is 0 Å². The van der Waals surface area contributed by atoms with Gasteiger partial charge < -0.3 is 5.11 Å². The maximum atomic E-state index is 12.9. The molecule has 2 aromatic carbocycles. The minimum atomic E-state index is -2.04. The van der Waals surface area contributed by atoms with Crippen molar-refractivity contribution in [2.75, 3.05) is 12.5 Å². The Bertz CT molecular complexity index is 925. The number of nitrogens with zero attached hydrogens (tertiary/aromatic N) is 1. The van der Waals surface area contributed by atoms with Crippen LogP contribution in [-0.4, -0.2) is 44.0 Å². The summed E-state index contributed by atoms with van der Waals surface area (Å²) in [7, 11) is -0.611. The van der Waals surface area contributed by atoms with Gasteiger partial charge in [-0.3, -0.25) is 23.9 Å². The zero-order valence-electron chi connectivity index (χ0n) is 15.7. The van der Waals surface area contributed by atoms with Gasteiger partial charge in [-0.05, 0) is 11.1 Å². The molecule has 28 heavy (non-hydrogen) atoms. The van der Waals surface area contributed by atoms with E-state index >= 15 is 0 Å². The van der Waals surface area contributed by atoms with Gasteiger partial charge in [-0.25, -0.2) is 0 Å². The molecule has 3 atom stereocenters. The lowest BCUT2D eigenvalue weighted by atomic mass is 9.62. The number of carboxylic acid groups (broad SMARTS) is 1. The van der Waals surface area contributed by atoms with E-state index in [0.717, 1.165) is 0 Å². The summed E-state index contributed by atoms with van der Waals surface area (Å²) in [5.74, 6) is -4.10. The van der Waals surface area contributed by atoms with Crippen LogP contribution in [0.1, 0.15) is 40.2 Å². The molecule has 0 heterocycles. The minimum absolute atomic E-state index is 0.108. The predicted molar refractivity (Wildman–Crippen MR) is 106 cm³/mol. The van der Waals surface area contributed by atoms with E-state index in [4.69, 9.17) is 0 Å².